The van der Waals surface area contributed by atoms with Crippen LogP contribution in [-0.2, 0) is 9.59 Å². The van der Waals surface area contributed by atoms with Crippen LogP contribution < -0.4 is 5.32 Å². The molecule has 2 atom stereocenters. The van der Waals surface area contributed by atoms with Crippen LogP contribution in [0.5, 0.6) is 0 Å². The Kier molecular flexibility index (Phi) is 5.49. The lowest BCUT2D eigenvalue weighted by molar-refractivity contribution is -0.136. The first-order valence-electron chi connectivity index (χ1n) is 9.93. The Morgan fingerprint density at radius 1 is 1.04 bits per heavy atom. The summed E-state index contributed by atoms with van der Waals surface area (Å²) in [5.74, 6) is 0.582. The minimum absolute atomic E-state index is 0.0439. The van der Waals surface area contributed by atoms with Crippen LogP contribution in [0, 0.1) is 31.6 Å². The number of anilines is 1. The highest BCUT2D eigenvalue weighted by molar-refractivity contribution is 7.99. The summed E-state index contributed by atoms with van der Waals surface area (Å²) in [6.45, 7) is 3.93. The van der Waals surface area contributed by atoms with E-state index in [9.17, 15) is 9.59 Å². The van der Waals surface area contributed by atoms with Crippen molar-refractivity contribution >= 4 is 29.1 Å². The summed E-state index contributed by atoms with van der Waals surface area (Å²) in [5.41, 5.74) is 2.70. The molecule has 2 fully saturated rings. The molecule has 1 amide bonds. The highest BCUT2D eigenvalue weighted by Gasteiger charge is 2.41. The van der Waals surface area contributed by atoms with Crippen molar-refractivity contribution in [2.45, 2.75) is 56.0 Å². The fourth-order valence-corrected chi connectivity index (χ4v) is 5.25. The third kappa shape index (κ3) is 4.27. The SMILES string of the molecule is Cc1cc(C)nc(Sc2ccc(NC(=O)C3CC4CCCC(C3)C4=O)cc2)n1. The van der Waals surface area contributed by atoms with E-state index in [-0.39, 0.29) is 23.7 Å². The average Bonchev–Trinajstić information content (AvgIpc) is 2.62. The molecule has 4 rings (SSSR count). The second kappa shape index (κ2) is 8.03. The van der Waals surface area contributed by atoms with Gasteiger partial charge in [0.1, 0.15) is 5.78 Å². The summed E-state index contributed by atoms with van der Waals surface area (Å²) in [6.07, 6.45) is 4.44. The number of Topliss-reactive ketones (excluding diaryl/α,β-unsaturated/α-hetero) is 1. The highest BCUT2D eigenvalue weighted by atomic mass is 32.2. The third-order valence-corrected chi connectivity index (χ3v) is 6.58. The van der Waals surface area contributed by atoms with E-state index in [1.54, 1.807) is 0 Å². The monoisotopic (exact) mass is 395 g/mol. The molecule has 0 saturated heterocycles. The predicted molar refractivity (Wildman–Crippen MR) is 109 cm³/mol. The number of hydrogen-bond acceptors (Lipinski definition) is 5. The number of ketones is 1. The molecule has 2 unspecified atom stereocenters. The number of rotatable bonds is 4. The molecule has 1 heterocycles. The van der Waals surface area contributed by atoms with Crippen LogP contribution in [-0.4, -0.2) is 21.7 Å². The van der Waals surface area contributed by atoms with Gasteiger partial charge in [-0.1, -0.05) is 6.42 Å². The average molecular weight is 396 g/mol. The molecule has 2 aliphatic carbocycles. The van der Waals surface area contributed by atoms with Gasteiger partial charge >= 0.3 is 0 Å². The molecular formula is C22H25N3O2S. The zero-order valence-electron chi connectivity index (χ0n) is 16.3. The molecule has 2 saturated carbocycles. The predicted octanol–water partition coefficient (Wildman–Crippen LogP) is 4.58. The fraction of sp³-hybridized carbons (Fsp3) is 0.455. The van der Waals surface area contributed by atoms with Crippen LogP contribution >= 0.6 is 11.8 Å². The molecule has 5 nitrogen and oxygen atoms in total. The fourth-order valence-electron chi connectivity index (χ4n) is 4.39. The molecule has 6 heteroatoms. The number of hydrogen-bond donors (Lipinski definition) is 1. The van der Waals surface area contributed by atoms with Gasteiger partial charge < -0.3 is 5.32 Å². The highest BCUT2D eigenvalue weighted by Crippen LogP contribution is 2.40. The van der Waals surface area contributed by atoms with Crippen LogP contribution in [0.3, 0.4) is 0 Å². The van der Waals surface area contributed by atoms with E-state index < -0.39 is 0 Å². The molecule has 146 valence electrons. The Morgan fingerprint density at radius 3 is 2.25 bits per heavy atom. The van der Waals surface area contributed by atoms with Gasteiger partial charge in [-0.25, -0.2) is 9.97 Å². The van der Waals surface area contributed by atoms with Crippen molar-refractivity contribution in [2.24, 2.45) is 17.8 Å². The maximum Gasteiger partial charge on any atom is 0.227 e. The van der Waals surface area contributed by atoms with Gasteiger partial charge in [0.2, 0.25) is 5.91 Å². The van der Waals surface area contributed by atoms with E-state index in [1.165, 1.54) is 11.8 Å². The van der Waals surface area contributed by atoms with Crippen molar-refractivity contribution < 1.29 is 9.59 Å². The maximum atomic E-state index is 12.7. The molecule has 28 heavy (non-hydrogen) atoms. The largest absolute Gasteiger partial charge is 0.326 e. The number of aryl methyl sites for hydroxylation is 2. The Labute approximate surface area is 169 Å². The normalized spacial score (nSPS) is 24.1. The molecule has 0 aliphatic heterocycles. The Hall–Kier alpha value is -2.21. The number of aromatic nitrogens is 2. The van der Waals surface area contributed by atoms with Crippen LogP contribution in [0.4, 0.5) is 5.69 Å². The summed E-state index contributed by atoms with van der Waals surface area (Å²) >= 11 is 1.51. The molecule has 1 aromatic heterocycles. The minimum Gasteiger partial charge on any atom is -0.326 e. The Morgan fingerprint density at radius 2 is 1.64 bits per heavy atom. The van der Waals surface area contributed by atoms with E-state index in [0.717, 1.165) is 46.4 Å². The molecule has 1 aromatic carbocycles. The molecule has 2 bridgehead atoms. The lowest BCUT2D eigenvalue weighted by atomic mass is 9.67. The number of nitrogens with one attached hydrogen (secondary N) is 1. The molecule has 1 N–H and O–H groups in total. The zero-order valence-corrected chi connectivity index (χ0v) is 17.1. The number of fused-ring (bicyclic) bond motifs is 2. The van der Waals surface area contributed by atoms with Crippen molar-refractivity contribution in [3.8, 4) is 0 Å². The number of carbonyl (C=O) groups excluding carboxylic acids is 2. The van der Waals surface area contributed by atoms with Crippen molar-refractivity contribution in [1.82, 2.24) is 9.97 Å². The Balaban J connectivity index is 1.38. The van der Waals surface area contributed by atoms with Gasteiger partial charge in [0.05, 0.1) is 0 Å². The summed E-state index contributed by atoms with van der Waals surface area (Å²) in [5, 5.41) is 3.76. The minimum atomic E-state index is -0.0503. The van der Waals surface area contributed by atoms with Crippen LogP contribution in [0.25, 0.3) is 0 Å². The standard InChI is InChI=1S/C22H25N3O2S/c1-13-10-14(2)24-22(23-13)28-19-8-6-18(7-9-19)25-21(27)17-11-15-4-3-5-16(12-17)20(15)26/h6-10,15-17H,3-5,11-12H2,1-2H3,(H,25,27). The quantitative estimate of drug-likeness (QED) is 0.767. The van der Waals surface area contributed by atoms with Crippen molar-refractivity contribution in [3.63, 3.8) is 0 Å². The second-order valence-electron chi connectivity index (χ2n) is 7.94. The smallest absolute Gasteiger partial charge is 0.227 e. The number of nitrogens with zero attached hydrogens (tertiary/aromatic N) is 2. The maximum absolute atomic E-state index is 12.7. The number of carbonyl (C=O) groups is 2. The van der Waals surface area contributed by atoms with Crippen molar-refractivity contribution in [2.75, 3.05) is 5.32 Å². The van der Waals surface area contributed by atoms with Gasteiger partial charge in [0, 0.05) is 39.7 Å². The van der Waals surface area contributed by atoms with Crippen molar-refractivity contribution in [3.05, 3.63) is 41.7 Å². The van der Waals surface area contributed by atoms with Crippen LogP contribution in [0.1, 0.15) is 43.5 Å². The van der Waals surface area contributed by atoms with E-state index in [4.69, 9.17) is 0 Å². The summed E-state index contributed by atoms with van der Waals surface area (Å²) < 4.78 is 0. The van der Waals surface area contributed by atoms with E-state index in [1.807, 2.05) is 44.2 Å². The first-order chi connectivity index (χ1) is 13.5. The van der Waals surface area contributed by atoms with E-state index >= 15 is 0 Å². The molecule has 2 aliphatic rings. The molecule has 0 spiro atoms. The van der Waals surface area contributed by atoms with E-state index in [2.05, 4.69) is 15.3 Å². The van der Waals surface area contributed by atoms with Gasteiger partial charge in [0.15, 0.2) is 5.16 Å². The Bertz CT molecular complexity index is 861. The van der Waals surface area contributed by atoms with E-state index in [0.29, 0.717) is 18.6 Å². The third-order valence-electron chi connectivity index (χ3n) is 5.71. The summed E-state index contributed by atoms with van der Waals surface area (Å²) in [7, 11) is 0. The lowest BCUT2D eigenvalue weighted by Crippen LogP contribution is -2.40. The number of benzene rings is 1. The van der Waals surface area contributed by atoms with Gasteiger partial charge in [-0.05, 0) is 81.6 Å². The van der Waals surface area contributed by atoms with Crippen LogP contribution in [0.2, 0.25) is 0 Å². The van der Waals surface area contributed by atoms with Crippen molar-refractivity contribution in [1.29, 1.82) is 0 Å². The van der Waals surface area contributed by atoms with Gasteiger partial charge in [0.25, 0.3) is 0 Å². The van der Waals surface area contributed by atoms with Gasteiger partial charge in [-0.3, -0.25) is 9.59 Å². The summed E-state index contributed by atoms with van der Waals surface area (Å²) in [6, 6.07) is 9.73. The van der Waals surface area contributed by atoms with Gasteiger partial charge in [-0.2, -0.15) is 0 Å². The molecule has 0 radical (unpaired) electrons. The first kappa shape index (κ1) is 19.1. The summed E-state index contributed by atoms with van der Waals surface area (Å²) in [4.78, 5) is 34.9. The second-order valence-corrected chi connectivity index (χ2v) is 8.99. The van der Waals surface area contributed by atoms with Gasteiger partial charge in [-0.15, -0.1) is 0 Å². The zero-order chi connectivity index (χ0) is 19.7. The number of amides is 1. The van der Waals surface area contributed by atoms with Crippen LogP contribution in [0.15, 0.2) is 40.4 Å². The molecular weight excluding hydrogens is 370 g/mol. The lowest BCUT2D eigenvalue weighted by Gasteiger charge is -2.36. The first-order valence-corrected chi connectivity index (χ1v) is 10.7. The molecule has 2 aromatic rings. The topological polar surface area (TPSA) is 72.0 Å².